The van der Waals surface area contributed by atoms with Gasteiger partial charge in [-0.1, -0.05) is 80.1 Å². The zero-order valence-electron chi connectivity index (χ0n) is 20.2. The average Bonchev–Trinajstić information content (AvgIpc) is 3.25. The monoisotopic (exact) mass is 503 g/mol. The second kappa shape index (κ2) is 38.8. The summed E-state index contributed by atoms with van der Waals surface area (Å²) in [6.45, 7) is 19.2. The van der Waals surface area contributed by atoms with Crippen molar-refractivity contribution in [1.29, 1.82) is 0 Å². The van der Waals surface area contributed by atoms with E-state index in [0.29, 0.717) is 0 Å². The molecule has 0 radical (unpaired) electrons. The Labute approximate surface area is 204 Å². The molecule has 0 atom stereocenters. The van der Waals surface area contributed by atoms with Crippen LogP contribution in [0.4, 0.5) is 4.11 Å². The normalized spacial score (nSPS) is 9.48. The summed E-state index contributed by atoms with van der Waals surface area (Å²) in [5.74, 6) is 0. The van der Waals surface area contributed by atoms with Gasteiger partial charge < -0.3 is 20.1 Å². The fraction of sp³-hybridized carbons (Fsp3) is 0.783. The molecule has 0 spiro atoms. The molecule has 0 aliphatic carbocycles. The third-order valence-corrected chi connectivity index (χ3v) is 3.96. The molecule has 0 aliphatic rings. The number of hydrogen-bond donors (Lipinski definition) is 0. The van der Waals surface area contributed by atoms with E-state index in [2.05, 4.69) is 57.5 Å². The number of hydrogen-bond acceptors (Lipinski definition) is 0. The molecule has 0 N–H and O–H groups in total. The Bertz CT molecular complexity index is 292. The smallest absolute Gasteiger partial charge is 0.662 e. The summed E-state index contributed by atoms with van der Waals surface area (Å²) >= 11 is 0. The van der Waals surface area contributed by atoms with Crippen molar-refractivity contribution in [3.8, 4) is 0 Å². The van der Waals surface area contributed by atoms with Crippen LogP contribution in [0.5, 0.6) is 0 Å². The van der Waals surface area contributed by atoms with Gasteiger partial charge in [0.05, 0.1) is 0 Å². The molecule has 1 rings (SSSR count). The van der Waals surface area contributed by atoms with Gasteiger partial charge in [-0.15, -0.1) is 44.5 Å². The fourth-order valence-corrected chi connectivity index (χ4v) is 2.24. The van der Waals surface area contributed by atoms with Gasteiger partial charge in [0.2, 0.25) is 0 Å². The Kier molecular flexibility index (Phi) is 49.0. The van der Waals surface area contributed by atoms with Gasteiger partial charge in [-0.05, 0) is 0 Å². The van der Waals surface area contributed by atoms with Crippen molar-refractivity contribution >= 4 is 15.0 Å². The van der Waals surface area contributed by atoms with Gasteiger partial charge in [0, 0.05) is 0 Å². The SMILES string of the molecule is CCC[N-]CCC.CCC[N-]CCC.CCC[N-]CCC.F[SiH2][c-]1cccc1.[Zr+4]. The predicted octanol–water partition coefficient (Wildman–Crippen LogP) is 6.62. The Morgan fingerprint density at radius 3 is 0.966 bits per heavy atom. The van der Waals surface area contributed by atoms with Crippen LogP contribution in [0.3, 0.4) is 0 Å². The van der Waals surface area contributed by atoms with E-state index in [1.54, 1.807) is 0 Å². The van der Waals surface area contributed by atoms with E-state index in [-0.39, 0.29) is 26.2 Å². The number of nitrogens with zero attached hydrogens (tertiary/aromatic N) is 3. The molecule has 6 heteroatoms. The second-order valence-corrected chi connectivity index (χ2v) is 7.52. The molecule has 29 heavy (non-hydrogen) atoms. The van der Waals surface area contributed by atoms with Crippen LogP contribution in [0.15, 0.2) is 24.3 Å². The van der Waals surface area contributed by atoms with Crippen LogP contribution < -0.4 is 5.19 Å². The molecule has 0 saturated carbocycles. The van der Waals surface area contributed by atoms with E-state index in [1.165, 1.54) is 38.5 Å². The van der Waals surface area contributed by atoms with E-state index in [0.717, 1.165) is 44.5 Å². The maximum atomic E-state index is 11.7. The molecule has 1 aromatic carbocycles. The maximum absolute atomic E-state index is 11.7. The summed E-state index contributed by atoms with van der Waals surface area (Å²) in [7, 11) is -1.37. The van der Waals surface area contributed by atoms with Gasteiger partial charge >= 0.3 is 26.2 Å². The van der Waals surface area contributed by atoms with Crippen molar-refractivity contribution in [3.05, 3.63) is 40.2 Å². The van der Waals surface area contributed by atoms with Crippen molar-refractivity contribution in [2.45, 2.75) is 80.1 Å². The first-order valence-electron chi connectivity index (χ1n) is 11.3. The quantitative estimate of drug-likeness (QED) is 0.125. The first kappa shape index (κ1) is 36.6. The second-order valence-electron chi connectivity index (χ2n) is 6.44. The Balaban J connectivity index is -0.000000142. The molecule has 3 nitrogen and oxygen atoms in total. The van der Waals surface area contributed by atoms with E-state index in [1.807, 2.05) is 24.3 Å². The van der Waals surface area contributed by atoms with Crippen molar-refractivity contribution in [1.82, 2.24) is 0 Å². The summed E-state index contributed by atoms with van der Waals surface area (Å²) in [4.78, 5) is 0. The van der Waals surface area contributed by atoms with Crippen LogP contribution in [0.1, 0.15) is 80.1 Å². The average molecular weight is 505 g/mol. The largest absolute Gasteiger partial charge is 4.00 e. The molecule has 0 unspecified atom stereocenters. The molecule has 0 bridgehead atoms. The minimum Gasteiger partial charge on any atom is -0.662 e. The molecule has 0 aliphatic heterocycles. The van der Waals surface area contributed by atoms with Crippen LogP contribution in [0.2, 0.25) is 0 Å². The molecule has 1 aromatic rings. The first-order valence-corrected chi connectivity index (χ1v) is 12.6. The molecule has 0 amide bonds. The first-order chi connectivity index (χ1) is 13.7. The predicted molar refractivity (Wildman–Crippen MR) is 132 cm³/mol. The van der Waals surface area contributed by atoms with Crippen LogP contribution in [0, 0.1) is 0 Å². The van der Waals surface area contributed by atoms with Gasteiger partial charge in [-0.3, -0.25) is 0 Å². The Morgan fingerprint density at radius 2 is 0.828 bits per heavy atom. The van der Waals surface area contributed by atoms with E-state index < -0.39 is 9.85 Å². The summed E-state index contributed by atoms with van der Waals surface area (Å²) in [5.41, 5.74) is 0. The number of halogens is 1. The van der Waals surface area contributed by atoms with Crippen LogP contribution in [-0.2, 0) is 26.2 Å². The third-order valence-electron chi connectivity index (χ3n) is 3.18. The minimum atomic E-state index is -1.37. The minimum absolute atomic E-state index is 0. The maximum Gasteiger partial charge on any atom is 4.00 e. The van der Waals surface area contributed by atoms with Gasteiger partial charge in [0.1, 0.15) is 0 Å². The Morgan fingerprint density at radius 1 is 0.586 bits per heavy atom. The van der Waals surface area contributed by atoms with E-state index in [9.17, 15) is 4.11 Å². The van der Waals surface area contributed by atoms with E-state index in [4.69, 9.17) is 0 Å². The summed E-state index contributed by atoms with van der Waals surface area (Å²) in [6.07, 6.45) is 7.17. The van der Waals surface area contributed by atoms with Crippen molar-refractivity contribution in [3.63, 3.8) is 0 Å². The van der Waals surface area contributed by atoms with Crippen molar-refractivity contribution < 1.29 is 30.3 Å². The molecule has 170 valence electrons. The fourth-order valence-electron chi connectivity index (χ4n) is 1.79. The van der Waals surface area contributed by atoms with Gasteiger partial charge in [-0.25, -0.2) is 12.1 Å². The molecular formula is C23H48FN3SiZr. The molecule has 0 saturated heterocycles. The van der Waals surface area contributed by atoms with E-state index >= 15 is 0 Å². The third kappa shape index (κ3) is 43.1. The topological polar surface area (TPSA) is 42.3 Å². The van der Waals surface area contributed by atoms with Gasteiger partial charge in [-0.2, -0.15) is 12.1 Å². The summed E-state index contributed by atoms with van der Waals surface area (Å²) in [5, 5.41) is 13.5. The zero-order valence-corrected chi connectivity index (χ0v) is 24.1. The van der Waals surface area contributed by atoms with Crippen LogP contribution in [0.25, 0.3) is 16.0 Å². The van der Waals surface area contributed by atoms with Gasteiger partial charge in [0.15, 0.2) is 9.85 Å². The molecule has 0 fully saturated rings. The summed E-state index contributed by atoms with van der Waals surface area (Å²) < 4.78 is 11.7. The van der Waals surface area contributed by atoms with Crippen molar-refractivity contribution in [2.24, 2.45) is 0 Å². The summed E-state index contributed by atoms with van der Waals surface area (Å²) in [6, 6.07) is 7.38. The molecule has 0 aromatic heterocycles. The zero-order chi connectivity index (χ0) is 21.7. The molecular weight excluding hydrogens is 457 g/mol. The van der Waals surface area contributed by atoms with Crippen molar-refractivity contribution in [2.75, 3.05) is 39.3 Å². The number of rotatable bonds is 13. The Hall–Kier alpha value is 0.260. The standard InChI is InChI=1S/3C6H14N.C5H6FSi.Zr/c3*1-3-5-7-6-4-2;6-7-5-3-1-2-4-5;/h3*3-6H2,1-2H3;1-4H,7H2;/q4*-1;+4. The van der Waals surface area contributed by atoms with Gasteiger partial charge in [0.25, 0.3) is 0 Å². The van der Waals surface area contributed by atoms with Crippen LogP contribution in [-0.4, -0.2) is 49.1 Å². The molecule has 0 heterocycles. The van der Waals surface area contributed by atoms with Crippen LogP contribution >= 0.6 is 0 Å².